The van der Waals surface area contributed by atoms with Crippen molar-refractivity contribution in [1.29, 1.82) is 0 Å². The first-order valence-corrected chi connectivity index (χ1v) is 23.9. The van der Waals surface area contributed by atoms with E-state index in [2.05, 4.69) is 13.8 Å². The Balaban J connectivity index is 0.000000351. The van der Waals surface area contributed by atoms with Crippen LogP contribution in [0.15, 0.2) is 0 Å². The molecule has 64 heavy (non-hydrogen) atoms. The predicted octanol–water partition coefficient (Wildman–Crippen LogP) is 5.56. The third-order valence-corrected chi connectivity index (χ3v) is 12.9. The average Bonchev–Trinajstić information content (AvgIpc) is 3.21. The van der Waals surface area contributed by atoms with Gasteiger partial charge in [-0.15, -0.1) is 0 Å². The van der Waals surface area contributed by atoms with E-state index in [9.17, 15) is 48.3 Å². The quantitative estimate of drug-likeness (QED) is 0.0609. The zero-order valence-electron chi connectivity index (χ0n) is 39.5. The fraction of sp³-hybridized carbons (Fsp3) is 0.812. The molecule has 2 aliphatic carbocycles. The highest BCUT2D eigenvalue weighted by Crippen LogP contribution is 2.38. The molecule has 2 saturated carbocycles. The van der Waals surface area contributed by atoms with Crippen molar-refractivity contribution in [2.75, 3.05) is 39.5 Å². The number of carbonyl (C=O) groups excluding carboxylic acids is 9. The van der Waals surface area contributed by atoms with E-state index >= 15 is 0 Å². The number of aliphatic hydroxyl groups excluding tert-OH is 1. The molecule has 0 aromatic carbocycles. The predicted molar refractivity (Wildman–Crippen MR) is 234 cm³/mol. The Labute approximate surface area is 379 Å². The summed E-state index contributed by atoms with van der Waals surface area (Å²) in [4.78, 5) is 113. The lowest BCUT2D eigenvalue weighted by Gasteiger charge is -2.38. The van der Waals surface area contributed by atoms with Gasteiger partial charge in [0.1, 0.15) is 11.6 Å². The van der Waals surface area contributed by atoms with Crippen molar-refractivity contribution in [3.05, 3.63) is 0 Å². The van der Waals surface area contributed by atoms with E-state index in [1.54, 1.807) is 20.8 Å². The first-order valence-electron chi connectivity index (χ1n) is 23.9. The molecular weight excluding hydrogens is 829 g/mol. The zero-order valence-corrected chi connectivity index (χ0v) is 39.5. The van der Waals surface area contributed by atoms with Gasteiger partial charge in [0.05, 0.1) is 32.0 Å². The Morgan fingerprint density at radius 3 is 1.36 bits per heavy atom. The van der Waals surface area contributed by atoms with Crippen LogP contribution in [0.2, 0.25) is 0 Å². The number of hydrogen-bond acceptors (Lipinski definition) is 14. The standard InChI is InChI=1S/C27H43NO8.C21H33NO6/c1-5-34-25(31)9-7-11-28-23(29)16-20(17-24(28)30)15-22(36-12-8-10-26(32)35-6-2)21-14-18(3)13-19(4)27(21)33;1-4-28-20(26)6-5-7-22-18(24)11-15(12-19(22)25)10-17(23)16-9-13(2)8-14(3)21(16)27/h18-22H,5-17H2,1-4H3;13-17,23H,4-12H2,1-3H3/t18-,19?,21?,22+;13-,14?,16?,17+/m00/s1. The van der Waals surface area contributed by atoms with Crippen LogP contribution in [0.25, 0.3) is 0 Å². The van der Waals surface area contributed by atoms with E-state index in [1.165, 1.54) is 9.80 Å². The average molecular weight is 905 g/mol. The van der Waals surface area contributed by atoms with Gasteiger partial charge >= 0.3 is 17.9 Å². The first kappa shape index (κ1) is 54.3. The van der Waals surface area contributed by atoms with Crippen LogP contribution in [0.1, 0.15) is 151 Å². The van der Waals surface area contributed by atoms with E-state index in [-0.39, 0.29) is 141 Å². The smallest absolute Gasteiger partial charge is 0.305 e. The van der Waals surface area contributed by atoms with E-state index in [0.717, 1.165) is 19.3 Å². The second-order valence-electron chi connectivity index (χ2n) is 18.6. The zero-order chi connectivity index (χ0) is 47.5. The van der Waals surface area contributed by atoms with Gasteiger partial charge in [-0.3, -0.25) is 53.0 Å². The maximum atomic E-state index is 13.0. The van der Waals surface area contributed by atoms with Crippen LogP contribution in [-0.4, -0.2) is 120 Å². The molecule has 0 radical (unpaired) electrons. The van der Waals surface area contributed by atoms with Crippen LogP contribution < -0.4 is 0 Å². The van der Waals surface area contributed by atoms with Gasteiger partial charge in [-0.05, 0) is 102 Å². The SMILES string of the molecule is CCOC(=O)CCCN1C(=O)CC(C[C@@H](O)C2C[C@@H](C)CC(C)C2=O)CC1=O.CCOC(=O)CCCO[C@H](CC1CC(=O)N(CCCC(=O)OCC)C(=O)C1)C1C[C@@H](C)CC(C)C1=O. The number of piperidine rings is 2. The second-order valence-corrected chi connectivity index (χ2v) is 18.6. The minimum Gasteiger partial charge on any atom is -0.466 e. The number of imide groups is 2. The Morgan fingerprint density at radius 1 is 0.562 bits per heavy atom. The highest BCUT2D eigenvalue weighted by atomic mass is 16.5. The lowest BCUT2D eigenvalue weighted by molar-refractivity contribution is -0.153. The van der Waals surface area contributed by atoms with Crippen molar-refractivity contribution in [1.82, 2.24) is 9.80 Å². The molecule has 4 fully saturated rings. The Bertz CT molecular complexity index is 1580. The number of Topliss-reactive ketones (excluding diaryl/α,β-unsaturated/α-hetero) is 2. The Morgan fingerprint density at radius 2 is 0.938 bits per heavy atom. The van der Waals surface area contributed by atoms with Gasteiger partial charge in [0.2, 0.25) is 23.6 Å². The molecule has 1 N–H and O–H groups in total. The van der Waals surface area contributed by atoms with Crippen LogP contribution >= 0.6 is 0 Å². The normalized spacial score (nSPS) is 25.7. The number of ether oxygens (including phenoxy) is 4. The van der Waals surface area contributed by atoms with Crippen molar-refractivity contribution in [3.8, 4) is 0 Å². The summed E-state index contributed by atoms with van der Waals surface area (Å²) < 4.78 is 20.9. The molecule has 4 rings (SSSR count). The molecule has 0 bridgehead atoms. The molecule has 4 aliphatic rings. The monoisotopic (exact) mass is 905 g/mol. The summed E-state index contributed by atoms with van der Waals surface area (Å²) in [6.45, 7) is 15.0. The summed E-state index contributed by atoms with van der Waals surface area (Å²) in [6, 6.07) is 0. The number of ketones is 2. The lowest BCUT2D eigenvalue weighted by atomic mass is 9.71. The van der Waals surface area contributed by atoms with Crippen LogP contribution in [0, 0.1) is 47.3 Å². The molecule has 8 atom stereocenters. The van der Waals surface area contributed by atoms with Gasteiger partial charge < -0.3 is 24.1 Å². The lowest BCUT2D eigenvalue weighted by Crippen LogP contribution is -2.46. The summed E-state index contributed by atoms with van der Waals surface area (Å²) in [6.07, 6.45) is 5.25. The van der Waals surface area contributed by atoms with Gasteiger partial charge in [0.25, 0.3) is 0 Å². The van der Waals surface area contributed by atoms with Crippen LogP contribution in [0.5, 0.6) is 0 Å². The molecule has 0 aromatic rings. The fourth-order valence-electron chi connectivity index (χ4n) is 9.92. The topological polar surface area (TPSA) is 217 Å². The maximum absolute atomic E-state index is 13.0. The third kappa shape index (κ3) is 17.4. The summed E-state index contributed by atoms with van der Waals surface area (Å²) in [5, 5.41) is 10.6. The number of hydrogen-bond donors (Lipinski definition) is 1. The van der Waals surface area contributed by atoms with E-state index < -0.39 is 18.1 Å². The molecule has 2 heterocycles. The van der Waals surface area contributed by atoms with E-state index in [1.807, 2.05) is 13.8 Å². The van der Waals surface area contributed by atoms with E-state index in [0.29, 0.717) is 76.8 Å². The summed E-state index contributed by atoms with van der Waals surface area (Å²) >= 11 is 0. The van der Waals surface area contributed by atoms with Crippen molar-refractivity contribution in [2.45, 2.75) is 163 Å². The number of rotatable bonds is 22. The second kappa shape index (κ2) is 27.4. The highest BCUT2D eigenvalue weighted by Gasteiger charge is 2.42. The molecule has 362 valence electrons. The van der Waals surface area contributed by atoms with Crippen LogP contribution in [-0.2, 0) is 62.1 Å². The van der Waals surface area contributed by atoms with Gasteiger partial charge in [-0.2, -0.15) is 0 Å². The van der Waals surface area contributed by atoms with Crippen molar-refractivity contribution in [3.63, 3.8) is 0 Å². The maximum Gasteiger partial charge on any atom is 0.305 e. The minimum absolute atomic E-state index is 0.0473. The summed E-state index contributed by atoms with van der Waals surface area (Å²) in [5.74, 6) is -2.16. The number of aliphatic hydroxyl groups is 1. The van der Waals surface area contributed by atoms with Gasteiger partial charge in [0.15, 0.2) is 0 Å². The molecule has 16 nitrogen and oxygen atoms in total. The van der Waals surface area contributed by atoms with Crippen molar-refractivity contribution < 1.29 is 67.2 Å². The third-order valence-electron chi connectivity index (χ3n) is 12.9. The Kier molecular flexibility index (Phi) is 23.3. The molecule has 2 aliphatic heterocycles. The molecule has 0 aromatic heterocycles. The van der Waals surface area contributed by atoms with Crippen LogP contribution in [0.4, 0.5) is 0 Å². The Hall–Kier alpha value is -4.05. The van der Waals surface area contributed by atoms with E-state index in [4.69, 9.17) is 18.9 Å². The molecule has 0 spiro atoms. The first-order chi connectivity index (χ1) is 30.4. The molecule has 4 amide bonds. The number of nitrogens with zero attached hydrogens (tertiary/aromatic N) is 2. The molecule has 4 unspecified atom stereocenters. The van der Waals surface area contributed by atoms with Gasteiger partial charge in [0, 0.05) is 88.3 Å². The number of esters is 3. The minimum atomic E-state index is -0.807. The number of likely N-dealkylation sites (tertiary alicyclic amines) is 2. The summed E-state index contributed by atoms with van der Waals surface area (Å²) in [7, 11) is 0. The fourth-order valence-corrected chi connectivity index (χ4v) is 9.92. The molecular formula is C48H76N2O14. The van der Waals surface area contributed by atoms with Crippen molar-refractivity contribution in [2.24, 2.45) is 47.3 Å². The largest absolute Gasteiger partial charge is 0.466 e. The van der Waals surface area contributed by atoms with Gasteiger partial charge in [-0.1, -0.05) is 27.7 Å². The molecule has 2 saturated heterocycles. The number of carbonyl (C=O) groups is 9. The van der Waals surface area contributed by atoms with Crippen LogP contribution in [0.3, 0.4) is 0 Å². The number of amides is 4. The molecule has 16 heteroatoms. The van der Waals surface area contributed by atoms with Crippen molar-refractivity contribution >= 4 is 53.1 Å². The van der Waals surface area contributed by atoms with Gasteiger partial charge in [-0.25, -0.2) is 0 Å². The highest BCUT2D eigenvalue weighted by molar-refractivity contribution is 5.98. The summed E-state index contributed by atoms with van der Waals surface area (Å²) in [5.41, 5.74) is 0.